The summed E-state index contributed by atoms with van der Waals surface area (Å²) in [5.74, 6) is 8.82. The van der Waals surface area contributed by atoms with Gasteiger partial charge in [-0.3, -0.25) is 0 Å². The zero-order valence-corrected chi connectivity index (χ0v) is 93.7. The highest BCUT2D eigenvalue weighted by Gasteiger charge is 2.24. The van der Waals surface area contributed by atoms with Gasteiger partial charge in [0.1, 0.15) is 69.9 Å². The fraction of sp³-hybridized carbons (Fsp3) is 0.250. The Kier molecular flexibility index (Phi) is 40.6. The molecule has 0 saturated carbocycles. The number of halogens is 12. The van der Waals surface area contributed by atoms with Gasteiger partial charge in [-0.25, -0.2) is 59.8 Å². The van der Waals surface area contributed by atoms with Crippen molar-refractivity contribution in [1.29, 1.82) is 0 Å². The van der Waals surface area contributed by atoms with Gasteiger partial charge in [0.15, 0.2) is 0 Å². The van der Waals surface area contributed by atoms with Crippen LogP contribution in [0.1, 0.15) is 150 Å². The quantitative estimate of drug-likeness (QED) is 0.0230. The number of aromatic amines is 1. The van der Waals surface area contributed by atoms with Crippen LogP contribution in [0.5, 0.6) is 0 Å². The van der Waals surface area contributed by atoms with Gasteiger partial charge in [0.05, 0.1) is 58.6 Å². The lowest BCUT2D eigenvalue weighted by molar-refractivity contribution is 0.572. The topological polar surface area (TPSA) is 267 Å². The predicted molar refractivity (Wildman–Crippen MR) is 620 cm³/mol. The molecule has 0 amide bonds. The van der Waals surface area contributed by atoms with E-state index < -0.39 is 0 Å². The van der Waals surface area contributed by atoms with Crippen LogP contribution in [0, 0.1) is 6.92 Å². The van der Waals surface area contributed by atoms with Gasteiger partial charge < -0.3 is 59.7 Å². The number of nitrogens with zero attached hydrogens (tertiary/aromatic N) is 17. The number of H-pyrrole nitrogens is 1. The summed E-state index contributed by atoms with van der Waals surface area (Å²) < 4.78 is 10.6. The maximum Gasteiger partial charge on any atom is 0.149 e. The molecule has 0 fully saturated rings. The van der Waals surface area contributed by atoms with Gasteiger partial charge >= 0.3 is 0 Å². The highest BCUT2D eigenvalue weighted by Crippen LogP contribution is 2.39. The summed E-state index contributed by atoms with van der Waals surface area (Å²) in [6.07, 6.45) is 30.0. The Morgan fingerprint density at radius 1 is 0.284 bits per heavy atom. The SMILES string of the molecule is CC(C)(C)c1cnc(-c2cnc(Nc3ccc(Cl)cc3)c(Cl)c2)[nH]1.CCCCn1cc(CC)nc1-c1cnc(Nc2ccc(Cl)cc2)c(Cl)c1.CCCn1cc(C)nc1-c1cnc(Nc2ccc(Cl)cc2)c(Cl)c1.CCCn1cc(CC)nc1-c1cnc(Nc2ccc(Cl)cc2)c(Cl)c1.CCc1cn(CC)c(-c2cnc(Nc3ccc(Cl)cc3)c(Cl)c2)n1.Cn1cc(C(C)(C)C)nc1-c1cnc(Nc2ccc(Cl)cc2)c(Cl)c1. The second-order valence-electron chi connectivity index (χ2n) is 36.5. The van der Waals surface area contributed by atoms with Crippen molar-refractivity contribution in [1.82, 2.24) is 87.6 Å². The van der Waals surface area contributed by atoms with E-state index in [1.165, 1.54) is 0 Å². The summed E-state index contributed by atoms with van der Waals surface area (Å²) in [5.41, 5.74) is 16.9. The van der Waals surface area contributed by atoms with Gasteiger partial charge in [0.25, 0.3) is 0 Å². The molecule has 0 aliphatic rings. The summed E-state index contributed by atoms with van der Waals surface area (Å²) >= 11 is 73.9. The molecule has 148 heavy (non-hydrogen) atoms. The molecule has 18 aromatic rings. The van der Waals surface area contributed by atoms with E-state index in [1.807, 2.05) is 225 Å². The number of nitrogens with one attached hydrogen (secondary N) is 7. The molecular weight excluding hydrogens is 2110 g/mol. The summed E-state index contributed by atoms with van der Waals surface area (Å²) in [4.78, 5) is 58.0. The van der Waals surface area contributed by atoms with Gasteiger partial charge in [-0.2, -0.15) is 0 Å². The Hall–Kier alpha value is -12.2. The molecule has 18 rings (SSSR count). The molecule has 6 aromatic carbocycles. The molecule has 0 atom stereocenters. The van der Waals surface area contributed by atoms with Gasteiger partial charge in [-0.1, -0.05) is 229 Å². The predicted octanol–water partition coefficient (Wildman–Crippen LogP) is 35.3. The maximum atomic E-state index is 6.47. The van der Waals surface area contributed by atoms with Crippen LogP contribution < -0.4 is 31.9 Å². The van der Waals surface area contributed by atoms with Gasteiger partial charge in [-0.15, -0.1) is 0 Å². The number of aryl methyl sites for hydroxylation is 9. The molecule has 7 N–H and O–H groups in total. The van der Waals surface area contributed by atoms with E-state index in [0.29, 0.717) is 95.2 Å². The van der Waals surface area contributed by atoms with Crippen molar-refractivity contribution in [2.75, 3.05) is 31.9 Å². The number of anilines is 12. The average molecular weight is 2220 g/mol. The van der Waals surface area contributed by atoms with Crippen molar-refractivity contribution < 1.29 is 0 Å². The van der Waals surface area contributed by atoms with E-state index in [1.54, 1.807) is 31.0 Å². The molecule has 768 valence electrons. The number of hydrogen-bond donors (Lipinski definition) is 7. The number of imidazole rings is 6. The molecular formula is C112H116Cl12N24. The van der Waals surface area contributed by atoms with Crippen molar-refractivity contribution in [3.05, 3.63) is 351 Å². The fourth-order valence-corrected chi connectivity index (χ4v) is 16.9. The second-order valence-corrected chi connectivity index (χ2v) is 41.5. The number of rotatable bonds is 29. The van der Waals surface area contributed by atoms with Crippen LogP contribution in [-0.2, 0) is 63.3 Å². The molecule has 0 spiro atoms. The third-order valence-corrected chi connectivity index (χ3v) is 26.0. The van der Waals surface area contributed by atoms with E-state index in [0.717, 1.165) is 208 Å². The van der Waals surface area contributed by atoms with Crippen molar-refractivity contribution in [3.8, 4) is 68.3 Å². The molecule has 0 bridgehead atoms. The lowest BCUT2D eigenvalue weighted by Crippen LogP contribution is -2.11. The minimum Gasteiger partial charge on any atom is -0.341 e. The average Bonchev–Trinajstić information content (AvgIpc) is 1.65. The standard InChI is InChI=1S/C20H22Cl2N4.2C19H20Cl2N4.3C18H18Cl2N4/c1-3-5-10-26-13-16(4-2)25-20(26)14-11-18(22)19(23-12-14)24-17-8-6-15(21)7-9-17;1-19(2,3)16-11-25(4)18(24-16)12-9-15(21)17(22-10-12)23-14-7-5-13(20)6-8-14;1-3-9-25-12-15(4-2)24-19(25)13-10-17(21)18(22-11-13)23-16-7-5-14(20)6-8-16;1-18(2,3)15-10-22-16(24-15)11-8-14(20)17(21-9-11)23-13-6-4-12(19)5-7-13;1-3-8-24-11-12(2)22-18(24)13-9-16(20)17(21-10-13)23-15-6-4-14(19)5-7-15;1-3-14-11-24(4-2)18(23-14)12-9-16(20)17(21-10-12)22-15-7-5-13(19)6-8-15/h6-9,11-13H,3-5,10H2,1-2H3,(H,23,24);5-11H,1-4H3,(H,22,23);5-8,10-12H,3-4,9H2,1-2H3,(H,22,23);4-10H,1-3H3,(H,21,23)(H,22,24);4-7,9-11H,3,8H2,1-2H3,(H,21,23);5-11H,3-4H2,1-2H3,(H,21,22). The van der Waals surface area contributed by atoms with Crippen LogP contribution in [0.25, 0.3) is 68.3 Å². The van der Waals surface area contributed by atoms with E-state index in [-0.39, 0.29) is 10.8 Å². The zero-order chi connectivity index (χ0) is 106. The van der Waals surface area contributed by atoms with E-state index >= 15 is 0 Å². The van der Waals surface area contributed by atoms with Crippen LogP contribution >= 0.6 is 139 Å². The lowest BCUT2D eigenvalue weighted by atomic mass is 9.93. The first kappa shape index (κ1) is 113. The minimum absolute atomic E-state index is 0.0106. The van der Waals surface area contributed by atoms with Gasteiger partial charge in [-0.05, 0) is 234 Å². The number of pyridine rings is 6. The summed E-state index contributed by atoms with van der Waals surface area (Å²) in [6, 6.07) is 55.7. The van der Waals surface area contributed by atoms with Crippen LogP contribution in [0.2, 0.25) is 60.3 Å². The normalized spacial score (nSPS) is 11.1. The molecule has 12 aromatic heterocycles. The molecule has 0 unspecified atom stereocenters. The highest BCUT2D eigenvalue weighted by molar-refractivity contribution is 6.36. The first-order chi connectivity index (χ1) is 70.9. The van der Waals surface area contributed by atoms with Crippen molar-refractivity contribution >= 4 is 208 Å². The maximum absolute atomic E-state index is 6.47. The number of benzene rings is 6. The molecule has 24 nitrogen and oxygen atoms in total. The van der Waals surface area contributed by atoms with Crippen LogP contribution in [-0.4, -0.2) is 87.6 Å². The monoisotopic (exact) mass is 2220 g/mol. The molecule has 36 heteroatoms. The zero-order valence-electron chi connectivity index (χ0n) is 84.7. The van der Waals surface area contributed by atoms with E-state index in [2.05, 4.69) is 209 Å². The molecule has 0 aliphatic carbocycles. The van der Waals surface area contributed by atoms with Crippen molar-refractivity contribution in [2.24, 2.45) is 7.05 Å². The Balaban J connectivity index is 0.000000148. The highest BCUT2D eigenvalue weighted by atomic mass is 35.5. The van der Waals surface area contributed by atoms with E-state index in [4.69, 9.17) is 154 Å². The number of unbranched alkanes of at least 4 members (excludes halogenated alkanes) is 1. The first-order valence-corrected chi connectivity index (χ1v) is 52.9. The van der Waals surface area contributed by atoms with Gasteiger partial charge in [0.2, 0.25) is 0 Å². The van der Waals surface area contributed by atoms with E-state index in [9.17, 15) is 0 Å². The lowest BCUT2D eigenvalue weighted by Gasteiger charge is -2.15. The summed E-state index contributed by atoms with van der Waals surface area (Å²) in [6.45, 7) is 33.3. The summed E-state index contributed by atoms with van der Waals surface area (Å²) in [7, 11) is 1.98. The van der Waals surface area contributed by atoms with Crippen LogP contribution in [0.4, 0.5) is 69.0 Å². The molecule has 0 aliphatic heterocycles. The molecule has 0 radical (unpaired) electrons. The molecule has 0 saturated heterocycles. The Labute approximate surface area is 925 Å². The Bertz CT molecular complexity index is 7410. The van der Waals surface area contributed by atoms with Gasteiger partial charge in [0, 0.05) is 222 Å². The van der Waals surface area contributed by atoms with Crippen LogP contribution in [0.3, 0.4) is 0 Å². The fourth-order valence-electron chi connectivity index (χ4n) is 14.8. The van der Waals surface area contributed by atoms with Crippen LogP contribution in [0.15, 0.2) is 256 Å². The smallest absolute Gasteiger partial charge is 0.149 e. The van der Waals surface area contributed by atoms with Crippen molar-refractivity contribution in [3.63, 3.8) is 0 Å². The Morgan fingerprint density at radius 3 is 0.818 bits per heavy atom. The summed E-state index contributed by atoms with van der Waals surface area (Å²) in [5, 5.41) is 26.6. The number of hydrogen-bond acceptors (Lipinski definition) is 18. The third kappa shape index (κ3) is 31.7. The second kappa shape index (κ2) is 53.3. The first-order valence-electron chi connectivity index (χ1n) is 48.4. The third-order valence-electron chi connectivity index (χ3n) is 22.8. The Morgan fingerprint density at radius 2 is 0.554 bits per heavy atom. The largest absolute Gasteiger partial charge is 0.341 e. The van der Waals surface area contributed by atoms with Crippen molar-refractivity contribution in [2.45, 2.75) is 179 Å². The number of aromatic nitrogens is 18. The minimum atomic E-state index is -0.0106. The molecule has 12 heterocycles.